The first-order valence-corrected chi connectivity index (χ1v) is 5.42. The van der Waals surface area contributed by atoms with Gasteiger partial charge in [0, 0.05) is 13.1 Å². The van der Waals surface area contributed by atoms with E-state index in [1.54, 1.807) is 13.8 Å². The number of nitrogens with one attached hydrogen (secondary N) is 1. The average molecular weight is 261 g/mol. The molecule has 0 unspecified atom stereocenters. The van der Waals surface area contributed by atoms with Gasteiger partial charge in [-0.1, -0.05) is 0 Å². The van der Waals surface area contributed by atoms with Gasteiger partial charge in [-0.25, -0.2) is 14.8 Å². The third kappa shape index (κ3) is 2.76. The van der Waals surface area contributed by atoms with Crippen molar-refractivity contribution in [3.63, 3.8) is 0 Å². The van der Waals surface area contributed by atoms with Crippen molar-refractivity contribution in [2.45, 2.75) is 13.8 Å². The van der Waals surface area contributed by atoms with Crippen LogP contribution in [0, 0.1) is 13.8 Å². The predicted octanol–water partition coefficient (Wildman–Crippen LogP) is 1.64. The van der Waals surface area contributed by atoms with Gasteiger partial charge in [-0.05, 0) is 19.1 Å². The molecule has 19 heavy (non-hydrogen) atoms. The zero-order valence-electron chi connectivity index (χ0n) is 10.3. The minimum Gasteiger partial charge on any atom is -0.478 e. The van der Waals surface area contributed by atoms with Crippen LogP contribution in [0.4, 0.5) is 5.82 Å². The number of rotatable bonds is 3. The maximum absolute atomic E-state index is 11.9. The number of aromatic carboxylic acids is 1. The zero-order valence-corrected chi connectivity index (χ0v) is 10.3. The number of carbonyl (C=O) groups is 2. The number of hydrogen-bond donors (Lipinski definition) is 2. The average Bonchev–Trinajstić information content (AvgIpc) is 2.69. The highest BCUT2D eigenvalue weighted by Gasteiger charge is 2.16. The Morgan fingerprint density at radius 2 is 2.05 bits per heavy atom. The number of aryl methyl sites for hydroxylation is 2. The van der Waals surface area contributed by atoms with Gasteiger partial charge in [0.05, 0.1) is 11.3 Å². The second kappa shape index (κ2) is 4.89. The van der Waals surface area contributed by atoms with E-state index < -0.39 is 11.9 Å². The van der Waals surface area contributed by atoms with Crippen molar-refractivity contribution < 1.29 is 19.1 Å². The molecule has 0 aliphatic carbocycles. The summed E-state index contributed by atoms with van der Waals surface area (Å²) in [5.41, 5.74) is 0.529. The number of amides is 1. The Bertz CT molecular complexity index is 631. The van der Waals surface area contributed by atoms with Crippen molar-refractivity contribution in [3.8, 4) is 0 Å². The Morgan fingerprint density at radius 1 is 1.32 bits per heavy atom. The van der Waals surface area contributed by atoms with E-state index in [2.05, 4.69) is 15.3 Å². The summed E-state index contributed by atoms with van der Waals surface area (Å²) in [5, 5.41) is 11.2. The number of carboxylic acid groups (broad SMARTS) is 1. The number of nitrogens with zero attached hydrogens (tertiary/aromatic N) is 2. The number of pyridine rings is 1. The molecule has 0 radical (unpaired) electrons. The van der Waals surface area contributed by atoms with E-state index in [0.29, 0.717) is 11.6 Å². The van der Waals surface area contributed by atoms with Crippen LogP contribution in [-0.2, 0) is 0 Å². The van der Waals surface area contributed by atoms with Gasteiger partial charge in [0.1, 0.15) is 5.82 Å². The van der Waals surface area contributed by atoms with Gasteiger partial charge in [-0.3, -0.25) is 4.79 Å². The lowest BCUT2D eigenvalue weighted by Gasteiger charge is -2.02. The molecule has 0 aromatic carbocycles. The van der Waals surface area contributed by atoms with E-state index >= 15 is 0 Å². The van der Waals surface area contributed by atoms with E-state index in [1.807, 2.05) is 0 Å². The number of aromatic nitrogens is 2. The lowest BCUT2D eigenvalue weighted by atomic mass is 10.3. The Hall–Kier alpha value is -2.70. The largest absolute Gasteiger partial charge is 0.478 e. The minimum absolute atomic E-state index is 0.0460. The van der Waals surface area contributed by atoms with Crippen LogP contribution >= 0.6 is 0 Å². The van der Waals surface area contributed by atoms with Gasteiger partial charge in [0.25, 0.3) is 5.91 Å². The van der Waals surface area contributed by atoms with Gasteiger partial charge in [0.2, 0.25) is 5.76 Å². The standard InChI is InChI=1S/C12H11N3O4/c1-6-10(19-7(2)14-6)11(16)15-9-4-3-8(5-13-9)12(17)18/h3-5H,1-2H3,(H,17,18)(H,13,15,16). The van der Waals surface area contributed by atoms with Crippen molar-refractivity contribution in [3.05, 3.63) is 41.2 Å². The lowest BCUT2D eigenvalue weighted by Crippen LogP contribution is -2.13. The quantitative estimate of drug-likeness (QED) is 0.870. The topological polar surface area (TPSA) is 105 Å². The number of anilines is 1. The van der Waals surface area contributed by atoms with Crippen LogP contribution in [0.25, 0.3) is 0 Å². The van der Waals surface area contributed by atoms with Crippen LogP contribution in [0.3, 0.4) is 0 Å². The summed E-state index contributed by atoms with van der Waals surface area (Å²) in [4.78, 5) is 30.3. The fourth-order valence-electron chi connectivity index (χ4n) is 1.51. The highest BCUT2D eigenvalue weighted by atomic mass is 16.4. The zero-order chi connectivity index (χ0) is 14.0. The van der Waals surface area contributed by atoms with Crippen molar-refractivity contribution in [1.82, 2.24) is 9.97 Å². The minimum atomic E-state index is -1.08. The number of carboxylic acids is 1. The molecule has 2 aromatic heterocycles. The smallest absolute Gasteiger partial charge is 0.337 e. The number of oxazole rings is 1. The molecule has 0 atom stereocenters. The van der Waals surface area contributed by atoms with Gasteiger partial charge in [0.15, 0.2) is 5.89 Å². The molecule has 0 aliphatic heterocycles. The second-order valence-corrected chi connectivity index (χ2v) is 3.84. The summed E-state index contributed by atoms with van der Waals surface area (Å²) >= 11 is 0. The van der Waals surface area contributed by atoms with Crippen molar-refractivity contribution in [2.24, 2.45) is 0 Å². The first-order chi connectivity index (χ1) is 8.97. The molecule has 0 saturated heterocycles. The summed E-state index contributed by atoms with van der Waals surface area (Å²) in [6, 6.07) is 2.75. The maximum Gasteiger partial charge on any atom is 0.337 e. The lowest BCUT2D eigenvalue weighted by molar-refractivity contribution is 0.0696. The van der Waals surface area contributed by atoms with Crippen LogP contribution in [0.5, 0.6) is 0 Å². The molecular weight excluding hydrogens is 250 g/mol. The van der Waals surface area contributed by atoms with E-state index in [0.717, 1.165) is 6.20 Å². The molecule has 0 fully saturated rings. The van der Waals surface area contributed by atoms with E-state index in [-0.39, 0.29) is 17.1 Å². The fraction of sp³-hybridized carbons (Fsp3) is 0.167. The second-order valence-electron chi connectivity index (χ2n) is 3.84. The van der Waals surface area contributed by atoms with Crippen molar-refractivity contribution in [1.29, 1.82) is 0 Å². The van der Waals surface area contributed by atoms with Gasteiger partial charge in [-0.2, -0.15) is 0 Å². The highest BCUT2D eigenvalue weighted by molar-refractivity contribution is 6.02. The van der Waals surface area contributed by atoms with Crippen LogP contribution in [0.1, 0.15) is 32.5 Å². The molecule has 0 spiro atoms. The number of hydrogen-bond acceptors (Lipinski definition) is 5. The van der Waals surface area contributed by atoms with E-state index in [9.17, 15) is 9.59 Å². The van der Waals surface area contributed by atoms with E-state index in [4.69, 9.17) is 9.52 Å². The highest BCUT2D eigenvalue weighted by Crippen LogP contribution is 2.12. The Kier molecular flexibility index (Phi) is 3.28. The monoisotopic (exact) mass is 261 g/mol. The molecular formula is C12H11N3O4. The maximum atomic E-state index is 11.9. The van der Waals surface area contributed by atoms with Crippen molar-refractivity contribution >= 4 is 17.7 Å². The summed E-state index contributed by atoms with van der Waals surface area (Å²) in [6.07, 6.45) is 1.16. The van der Waals surface area contributed by atoms with Crippen LogP contribution < -0.4 is 5.32 Å². The Morgan fingerprint density at radius 3 is 2.53 bits per heavy atom. The molecule has 2 aromatic rings. The molecule has 2 rings (SSSR count). The molecule has 1 amide bonds. The normalized spacial score (nSPS) is 10.2. The van der Waals surface area contributed by atoms with Gasteiger partial charge in [-0.15, -0.1) is 0 Å². The molecule has 7 nitrogen and oxygen atoms in total. The molecule has 2 heterocycles. The number of carbonyl (C=O) groups excluding carboxylic acids is 1. The molecule has 7 heteroatoms. The first kappa shape index (κ1) is 12.7. The van der Waals surface area contributed by atoms with Crippen molar-refractivity contribution in [2.75, 3.05) is 5.32 Å². The van der Waals surface area contributed by atoms with Gasteiger partial charge < -0.3 is 14.8 Å². The summed E-state index contributed by atoms with van der Waals surface area (Å²) < 4.78 is 5.17. The Labute approximate surface area is 108 Å². The molecule has 0 bridgehead atoms. The summed E-state index contributed by atoms with van der Waals surface area (Å²) in [5.74, 6) is -0.803. The third-order valence-electron chi connectivity index (χ3n) is 2.36. The molecule has 0 saturated carbocycles. The third-order valence-corrected chi connectivity index (χ3v) is 2.36. The van der Waals surface area contributed by atoms with Crippen LogP contribution in [0.15, 0.2) is 22.7 Å². The summed E-state index contributed by atoms with van der Waals surface area (Å²) in [7, 11) is 0. The van der Waals surface area contributed by atoms with E-state index in [1.165, 1.54) is 12.1 Å². The fourth-order valence-corrected chi connectivity index (χ4v) is 1.51. The predicted molar refractivity (Wildman–Crippen MR) is 65.1 cm³/mol. The van der Waals surface area contributed by atoms with Crippen LogP contribution in [0.2, 0.25) is 0 Å². The summed E-state index contributed by atoms with van der Waals surface area (Å²) in [6.45, 7) is 3.30. The molecule has 98 valence electrons. The Balaban J connectivity index is 2.15. The van der Waals surface area contributed by atoms with Crippen LogP contribution in [-0.4, -0.2) is 27.0 Å². The molecule has 2 N–H and O–H groups in total. The van der Waals surface area contributed by atoms with Gasteiger partial charge >= 0.3 is 5.97 Å². The molecule has 0 aliphatic rings. The first-order valence-electron chi connectivity index (χ1n) is 5.42. The SMILES string of the molecule is Cc1nc(C)c(C(=O)Nc2ccc(C(=O)O)cn2)o1.